The van der Waals surface area contributed by atoms with Crippen LogP contribution in [0.1, 0.15) is 49.3 Å². The Morgan fingerprint density at radius 2 is 1.89 bits per heavy atom. The number of nitrogens with two attached hydrogens (primary N) is 1. The number of ether oxygens (including phenoxy) is 1. The molecule has 1 aliphatic heterocycles. The van der Waals surface area contributed by atoms with Crippen LogP contribution < -0.4 is 11.1 Å². The Hall–Kier alpha value is -3.98. The molecular formula is C29H30N4O5. The fraction of sp³-hybridized carbons (Fsp3) is 0.379. The first-order valence-electron chi connectivity index (χ1n) is 13.0. The summed E-state index contributed by atoms with van der Waals surface area (Å²) < 4.78 is 5.64. The zero-order valence-corrected chi connectivity index (χ0v) is 21.2. The second kappa shape index (κ2) is 8.80. The molecule has 1 unspecified atom stereocenters. The smallest absolute Gasteiger partial charge is 0.418 e. The molecule has 2 aromatic carbocycles. The minimum Gasteiger partial charge on any atom is -0.423 e. The largest absolute Gasteiger partial charge is 0.423 e. The highest BCUT2D eigenvalue weighted by Gasteiger charge is 2.57. The molecule has 3 aliphatic carbocycles. The van der Waals surface area contributed by atoms with Gasteiger partial charge in [-0.05, 0) is 67.9 Å². The predicted molar refractivity (Wildman–Crippen MR) is 139 cm³/mol. The number of imide groups is 1. The Morgan fingerprint density at radius 1 is 1.16 bits per heavy atom. The van der Waals surface area contributed by atoms with Gasteiger partial charge in [-0.15, -0.1) is 0 Å². The highest BCUT2D eigenvalue weighted by molar-refractivity contribution is 6.09. The van der Waals surface area contributed by atoms with Crippen LogP contribution in [0.2, 0.25) is 0 Å². The molecule has 1 saturated heterocycles. The van der Waals surface area contributed by atoms with Crippen molar-refractivity contribution in [3.05, 3.63) is 71.3 Å². The molecule has 9 heteroatoms. The zero-order valence-electron chi connectivity index (χ0n) is 21.2. The third kappa shape index (κ3) is 4.16. The second-order valence-corrected chi connectivity index (χ2v) is 10.8. The van der Waals surface area contributed by atoms with Crippen LogP contribution in [0.5, 0.6) is 0 Å². The summed E-state index contributed by atoms with van der Waals surface area (Å²) in [7, 11) is 0. The molecule has 0 bridgehead atoms. The van der Waals surface area contributed by atoms with Gasteiger partial charge >= 0.3 is 6.09 Å². The predicted octanol–water partition coefficient (Wildman–Crippen LogP) is 3.14. The number of rotatable bonds is 8. The molecule has 4 aliphatic rings. The van der Waals surface area contributed by atoms with Crippen molar-refractivity contribution in [2.45, 2.75) is 56.3 Å². The van der Waals surface area contributed by atoms with E-state index in [0.29, 0.717) is 42.1 Å². The van der Waals surface area contributed by atoms with Gasteiger partial charge in [-0.1, -0.05) is 42.5 Å². The molecule has 0 aromatic heterocycles. The summed E-state index contributed by atoms with van der Waals surface area (Å²) in [4.78, 5) is 55.0. The van der Waals surface area contributed by atoms with Gasteiger partial charge in [-0.2, -0.15) is 0 Å². The van der Waals surface area contributed by atoms with Crippen LogP contribution >= 0.6 is 0 Å². The summed E-state index contributed by atoms with van der Waals surface area (Å²) in [5.41, 5.74) is 6.20. The van der Waals surface area contributed by atoms with Crippen molar-refractivity contribution in [3.63, 3.8) is 0 Å². The molecule has 0 radical (unpaired) electrons. The maximum atomic E-state index is 13.6. The Kier molecular flexibility index (Phi) is 5.64. The average molecular weight is 515 g/mol. The summed E-state index contributed by atoms with van der Waals surface area (Å²) in [5.74, 6) is -0.724. The first-order chi connectivity index (χ1) is 18.2. The molecular weight excluding hydrogens is 484 g/mol. The number of hydrogen-bond acceptors (Lipinski definition) is 6. The molecule has 6 rings (SSSR count). The highest BCUT2D eigenvalue weighted by atomic mass is 16.6. The molecule has 4 amide bonds. The molecule has 38 heavy (non-hydrogen) atoms. The van der Waals surface area contributed by atoms with Gasteiger partial charge in [-0.25, -0.2) is 9.69 Å². The van der Waals surface area contributed by atoms with Gasteiger partial charge in [0.2, 0.25) is 17.4 Å². The van der Waals surface area contributed by atoms with E-state index in [0.717, 1.165) is 23.3 Å². The van der Waals surface area contributed by atoms with Crippen molar-refractivity contribution in [1.29, 1.82) is 0 Å². The van der Waals surface area contributed by atoms with Crippen LogP contribution in [0, 0.1) is 5.92 Å². The van der Waals surface area contributed by atoms with Gasteiger partial charge in [0.15, 0.2) is 0 Å². The maximum absolute atomic E-state index is 13.6. The molecule has 3 N–H and O–H groups in total. The SMILES string of the molecule is C[C@@H](C1CC1)N(Cc1ccccc1)C(=O)CN1C(=O)OC2(C=Cc3cc(NC(=O)C4(N)CC4)ccc32)C1=O. The number of anilines is 1. The van der Waals surface area contributed by atoms with Crippen LogP contribution in [-0.4, -0.2) is 51.7 Å². The maximum Gasteiger partial charge on any atom is 0.418 e. The first kappa shape index (κ1) is 24.4. The Labute approximate surface area is 220 Å². The standard InChI is InChI=1S/C29H30N4O5/c1-18(20-7-8-20)32(16-19-5-3-2-4-6-19)24(34)17-33-26(36)29(38-27(33)37)12-11-21-15-22(9-10-23(21)29)31-25(35)28(30)13-14-28/h2-6,9-12,15,18,20H,7-8,13-14,16-17,30H2,1H3,(H,31,35)/t18-,29?/m0/s1. The number of hydrogen-bond donors (Lipinski definition) is 2. The molecule has 9 nitrogen and oxygen atoms in total. The topological polar surface area (TPSA) is 122 Å². The van der Waals surface area contributed by atoms with Crippen LogP contribution in [0.25, 0.3) is 6.08 Å². The number of carbonyl (C=O) groups is 4. The number of benzene rings is 2. The summed E-state index contributed by atoms with van der Waals surface area (Å²) in [6, 6.07) is 14.7. The average Bonchev–Trinajstić information content (AvgIpc) is 3.84. The van der Waals surface area contributed by atoms with E-state index in [1.54, 1.807) is 29.2 Å². The lowest BCUT2D eigenvalue weighted by molar-refractivity contribution is -0.141. The van der Waals surface area contributed by atoms with Crippen molar-refractivity contribution < 1.29 is 23.9 Å². The molecule has 3 fully saturated rings. The Morgan fingerprint density at radius 3 is 2.58 bits per heavy atom. The lowest BCUT2D eigenvalue weighted by atomic mass is 9.94. The summed E-state index contributed by atoms with van der Waals surface area (Å²) in [6.45, 7) is 2.03. The minimum absolute atomic E-state index is 0.00516. The minimum atomic E-state index is -1.62. The van der Waals surface area contributed by atoms with Crippen molar-refractivity contribution in [2.24, 2.45) is 11.7 Å². The lowest BCUT2D eigenvalue weighted by Gasteiger charge is -2.30. The monoisotopic (exact) mass is 514 g/mol. The van der Waals surface area contributed by atoms with Crippen molar-refractivity contribution in [1.82, 2.24) is 9.80 Å². The van der Waals surface area contributed by atoms with E-state index >= 15 is 0 Å². The van der Waals surface area contributed by atoms with Crippen LogP contribution in [0.4, 0.5) is 10.5 Å². The normalized spacial score (nSPS) is 23.3. The number of amides is 4. The van der Waals surface area contributed by atoms with Crippen molar-refractivity contribution in [2.75, 3.05) is 11.9 Å². The van der Waals surface area contributed by atoms with E-state index < -0.39 is 23.1 Å². The first-order valence-corrected chi connectivity index (χ1v) is 13.0. The van der Waals surface area contributed by atoms with E-state index in [9.17, 15) is 19.2 Å². The molecule has 196 valence electrons. The number of nitrogens with one attached hydrogen (secondary N) is 1. The quantitative estimate of drug-likeness (QED) is 0.558. The van der Waals surface area contributed by atoms with Gasteiger partial charge in [-0.3, -0.25) is 14.4 Å². The summed E-state index contributed by atoms with van der Waals surface area (Å²) in [5, 5.41) is 2.81. The molecule has 2 aromatic rings. The molecule has 2 saturated carbocycles. The van der Waals surface area contributed by atoms with Gasteiger partial charge < -0.3 is 20.7 Å². The van der Waals surface area contributed by atoms with Gasteiger partial charge in [0, 0.05) is 23.8 Å². The Balaban J connectivity index is 1.20. The van der Waals surface area contributed by atoms with E-state index in [1.165, 1.54) is 6.08 Å². The van der Waals surface area contributed by atoms with Gasteiger partial charge in [0.1, 0.15) is 6.54 Å². The second-order valence-electron chi connectivity index (χ2n) is 10.8. The molecule has 1 heterocycles. The highest BCUT2D eigenvalue weighted by Crippen LogP contribution is 2.44. The summed E-state index contributed by atoms with van der Waals surface area (Å²) in [6.07, 6.45) is 5.78. The number of carbonyl (C=O) groups excluding carboxylic acids is 4. The number of fused-ring (bicyclic) bond motifs is 2. The van der Waals surface area contributed by atoms with E-state index in [4.69, 9.17) is 10.5 Å². The van der Waals surface area contributed by atoms with Crippen molar-refractivity contribution in [3.8, 4) is 0 Å². The van der Waals surface area contributed by atoms with Gasteiger partial charge in [0.05, 0.1) is 5.54 Å². The summed E-state index contributed by atoms with van der Waals surface area (Å²) >= 11 is 0. The van der Waals surface area contributed by atoms with Crippen LogP contribution in [-0.2, 0) is 31.3 Å². The van der Waals surface area contributed by atoms with E-state index in [1.807, 2.05) is 37.3 Å². The van der Waals surface area contributed by atoms with Crippen molar-refractivity contribution >= 4 is 35.6 Å². The van der Waals surface area contributed by atoms with Crippen LogP contribution in [0.15, 0.2) is 54.6 Å². The zero-order chi connectivity index (χ0) is 26.7. The fourth-order valence-electron chi connectivity index (χ4n) is 5.26. The Bertz CT molecular complexity index is 1360. The third-order valence-electron chi connectivity index (χ3n) is 8.08. The van der Waals surface area contributed by atoms with Gasteiger partial charge in [0.25, 0.3) is 5.91 Å². The van der Waals surface area contributed by atoms with E-state index in [2.05, 4.69) is 5.32 Å². The lowest BCUT2D eigenvalue weighted by Crippen LogP contribution is -2.47. The molecule has 2 atom stereocenters. The fourth-order valence-corrected chi connectivity index (χ4v) is 5.26. The van der Waals surface area contributed by atoms with Crippen LogP contribution in [0.3, 0.4) is 0 Å². The third-order valence-corrected chi connectivity index (χ3v) is 8.08. The number of nitrogens with zero attached hydrogens (tertiary/aromatic N) is 2. The molecule has 1 spiro atoms. The van der Waals surface area contributed by atoms with E-state index in [-0.39, 0.29) is 24.4 Å².